The summed E-state index contributed by atoms with van der Waals surface area (Å²) < 4.78 is 21.1. The van der Waals surface area contributed by atoms with E-state index >= 15 is 0 Å². The van der Waals surface area contributed by atoms with Gasteiger partial charge in [-0.05, 0) is 42.7 Å². The molecule has 1 amide bonds. The molecule has 0 unspecified atom stereocenters. The first kappa shape index (κ1) is 17.7. The topological polar surface area (TPSA) is 78.2 Å². The fourth-order valence-electron chi connectivity index (χ4n) is 3.25. The lowest BCUT2D eigenvalue weighted by Gasteiger charge is -2.30. The number of ether oxygens (including phenoxy) is 3. The van der Waals surface area contributed by atoms with Gasteiger partial charge in [-0.15, -0.1) is 0 Å². The highest BCUT2D eigenvalue weighted by molar-refractivity contribution is 6.32. The predicted octanol–water partition coefficient (Wildman–Crippen LogP) is 3.26. The van der Waals surface area contributed by atoms with Crippen LogP contribution in [-0.2, 0) is 16.1 Å². The third-order valence-electron chi connectivity index (χ3n) is 4.72. The van der Waals surface area contributed by atoms with Gasteiger partial charge in [0.25, 0.3) is 5.91 Å². The minimum atomic E-state index is -0.270. The molecule has 1 fully saturated rings. The van der Waals surface area contributed by atoms with Crippen molar-refractivity contribution in [1.29, 1.82) is 0 Å². The Kier molecular flexibility index (Phi) is 4.94. The van der Waals surface area contributed by atoms with Gasteiger partial charge in [0.05, 0.1) is 17.2 Å². The van der Waals surface area contributed by atoms with Crippen molar-refractivity contribution in [2.24, 2.45) is 5.92 Å². The smallest absolute Gasteiger partial charge is 0.309 e. The number of nitrogens with zero attached hydrogens (tertiary/aromatic N) is 1. The number of hydrogen-bond acceptors (Lipinski definition) is 6. The predicted molar refractivity (Wildman–Crippen MR) is 94.7 cm³/mol. The molecule has 2 aromatic rings. The van der Waals surface area contributed by atoms with Crippen molar-refractivity contribution in [3.8, 4) is 11.5 Å². The van der Waals surface area contributed by atoms with Crippen molar-refractivity contribution in [2.45, 2.75) is 19.4 Å². The molecule has 0 atom stereocenters. The molecule has 0 aliphatic carbocycles. The van der Waals surface area contributed by atoms with Crippen LogP contribution in [0.2, 0.25) is 5.02 Å². The normalized spacial score (nSPS) is 16.4. The van der Waals surface area contributed by atoms with Gasteiger partial charge in [0.1, 0.15) is 6.61 Å². The first-order valence-electron chi connectivity index (χ1n) is 8.69. The number of hydrogen-bond donors (Lipinski definition) is 0. The molecule has 4 rings (SSSR count). The zero-order chi connectivity index (χ0) is 18.8. The monoisotopic (exact) mass is 391 g/mol. The molecule has 0 N–H and O–H groups in total. The first-order valence-corrected chi connectivity index (χ1v) is 9.07. The van der Waals surface area contributed by atoms with Crippen molar-refractivity contribution in [1.82, 2.24) is 4.90 Å². The molecule has 142 valence electrons. The lowest BCUT2D eigenvalue weighted by molar-refractivity contribution is -0.151. The average Bonchev–Trinajstić information content (AvgIpc) is 3.37. The lowest BCUT2D eigenvalue weighted by atomic mass is 9.97. The number of carbonyl (C=O) groups excluding carboxylic acids is 2. The Bertz CT molecular complexity index is 842. The second kappa shape index (κ2) is 7.52. The molecule has 0 radical (unpaired) electrons. The number of furan rings is 1. The number of esters is 1. The Labute approximate surface area is 160 Å². The van der Waals surface area contributed by atoms with Crippen molar-refractivity contribution >= 4 is 23.5 Å². The van der Waals surface area contributed by atoms with Gasteiger partial charge in [-0.25, -0.2) is 0 Å². The number of likely N-dealkylation sites (tertiary alicyclic amines) is 1. The molecule has 0 saturated carbocycles. The van der Waals surface area contributed by atoms with E-state index in [1.165, 1.54) is 6.26 Å². The van der Waals surface area contributed by atoms with E-state index < -0.39 is 0 Å². The standard InChI is InChI=1S/C19H18ClNO6/c20-14-8-12(9-16-17(14)27-11-26-16)10-25-19(23)13-3-5-21(6-4-13)18(22)15-2-1-7-24-15/h1-2,7-9,13H,3-6,10-11H2. The largest absolute Gasteiger partial charge is 0.461 e. The van der Waals surface area contributed by atoms with Gasteiger partial charge < -0.3 is 23.5 Å². The highest BCUT2D eigenvalue weighted by Gasteiger charge is 2.30. The number of piperidine rings is 1. The minimum absolute atomic E-state index is 0.112. The highest BCUT2D eigenvalue weighted by atomic mass is 35.5. The Hall–Kier alpha value is -2.67. The van der Waals surface area contributed by atoms with Gasteiger partial charge in [-0.3, -0.25) is 9.59 Å². The van der Waals surface area contributed by atoms with E-state index in [1.807, 2.05) is 0 Å². The Morgan fingerprint density at radius 2 is 2.04 bits per heavy atom. The number of amides is 1. The maximum atomic E-state index is 12.4. The van der Waals surface area contributed by atoms with Crippen molar-refractivity contribution in [3.63, 3.8) is 0 Å². The van der Waals surface area contributed by atoms with Crippen molar-refractivity contribution in [2.75, 3.05) is 19.9 Å². The molecule has 2 aliphatic rings. The number of fused-ring (bicyclic) bond motifs is 1. The van der Waals surface area contributed by atoms with E-state index in [0.29, 0.717) is 48.2 Å². The number of carbonyl (C=O) groups is 2. The molecule has 3 heterocycles. The summed E-state index contributed by atoms with van der Waals surface area (Å²) in [5.74, 6) is 0.736. The summed E-state index contributed by atoms with van der Waals surface area (Å²) in [5.41, 5.74) is 0.739. The van der Waals surface area contributed by atoms with Crippen LogP contribution in [0.5, 0.6) is 11.5 Å². The van der Waals surface area contributed by atoms with Gasteiger partial charge in [0.2, 0.25) is 6.79 Å². The maximum Gasteiger partial charge on any atom is 0.309 e. The molecule has 8 heteroatoms. The van der Waals surface area contributed by atoms with Gasteiger partial charge in [0.15, 0.2) is 17.3 Å². The van der Waals surface area contributed by atoms with Gasteiger partial charge in [0, 0.05) is 13.1 Å². The summed E-state index contributed by atoms with van der Waals surface area (Å²) in [6.45, 7) is 1.23. The van der Waals surface area contributed by atoms with Gasteiger partial charge in [-0.2, -0.15) is 0 Å². The number of benzene rings is 1. The number of halogens is 1. The van der Waals surface area contributed by atoms with Crippen LogP contribution in [0.15, 0.2) is 34.9 Å². The van der Waals surface area contributed by atoms with E-state index in [2.05, 4.69) is 0 Å². The third-order valence-corrected chi connectivity index (χ3v) is 5.00. The van der Waals surface area contributed by atoms with Gasteiger partial charge in [-0.1, -0.05) is 11.6 Å². The number of rotatable bonds is 4. The molecule has 27 heavy (non-hydrogen) atoms. The highest BCUT2D eigenvalue weighted by Crippen LogP contribution is 2.40. The van der Waals surface area contributed by atoms with Crippen molar-refractivity contribution in [3.05, 3.63) is 46.9 Å². The van der Waals surface area contributed by atoms with Crippen molar-refractivity contribution < 1.29 is 28.2 Å². The van der Waals surface area contributed by atoms with Crippen LogP contribution in [0.1, 0.15) is 29.0 Å². The maximum absolute atomic E-state index is 12.4. The fourth-order valence-corrected chi connectivity index (χ4v) is 3.54. The zero-order valence-electron chi connectivity index (χ0n) is 14.5. The molecule has 1 aromatic carbocycles. The van der Waals surface area contributed by atoms with Crippen LogP contribution in [-0.4, -0.2) is 36.7 Å². The molecule has 1 aromatic heterocycles. The second-order valence-electron chi connectivity index (χ2n) is 6.46. The summed E-state index contributed by atoms with van der Waals surface area (Å²) in [6, 6.07) is 6.78. The van der Waals surface area contributed by atoms with Gasteiger partial charge >= 0.3 is 5.97 Å². The summed E-state index contributed by atoms with van der Waals surface area (Å²) in [5, 5.41) is 0.431. The summed E-state index contributed by atoms with van der Waals surface area (Å²) in [6.07, 6.45) is 2.60. The average molecular weight is 392 g/mol. The third kappa shape index (κ3) is 3.73. The summed E-state index contributed by atoms with van der Waals surface area (Å²) in [7, 11) is 0. The molecule has 1 saturated heterocycles. The van der Waals surface area contributed by atoms with E-state index in [9.17, 15) is 9.59 Å². The van der Waals surface area contributed by atoms with Crippen LogP contribution in [0, 0.1) is 5.92 Å². The van der Waals surface area contributed by atoms with E-state index in [4.69, 9.17) is 30.2 Å². The lowest BCUT2D eigenvalue weighted by Crippen LogP contribution is -2.40. The second-order valence-corrected chi connectivity index (χ2v) is 6.87. The quantitative estimate of drug-likeness (QED) is 0.744. The summed E-state index contributed by atoms with van der Waals surface area (Å²) >= 11 is 6.14. The minimum Gasteiger partial charge on any atom is -0.461 e. The molecule has 0 spiro atoms. The fraction of sp³-hybridized carbons (Fsp3) is 0.368. The molecular weight excluding hydrogens is 374 g/mol. The Morgan fingerprint density at radius 3 is 2.78 bits per heavy atom. The van der Waals surface area contributed by atoms with Crippen LogP contribution in [0.3, 0.4) is 0 Å². The summed E-state index contributed by atoms with van der Waals surface area (Å²) in [4.78, 5) is 26.3. The van der Waals surface area contributed by atoms with Crippen LogP contribution >= 0.6 is 11.6 Å². The SMILES string of the molecule is O=C(OCc1cc(Cl)c2c(c1)OCO2)C1CCN(C(=O)c2ccco2)CC1. The zero-order valence-corrected chi connectivity index (χ0v) is 15.2. The Balaban J connectivity index is 1.29. The first-order chi connectivity index (χ1) is 13.1. The molecular formula is C19H18ClNO6. The van der Waals surface area contributed by atoms with Crippen LogP contribution in [0.25, 0.3) is 0 Å². The van der Waals surface area contributed by atoms with E-state index in [-0.39, 0.29) is 31.2 Å². The van der Waals surface area contributed by atoms with Crippen LogP contribution in [0.4, 0.5) is 0 Å². The molecule has 7 nitrogen and oxygen atoms in total. The van der Waals surface area contributed by atoms with Crippen LogP contribution < -0.4 is 9.47 Å². The molecule has 0 bridgehead atoms. The Morgan fingerprint density at radius 1 is 1.22 bits per heavy atom. The van der Waals surface area contributed by atoms with E-state index in [1.54, 1.807) is 29.2 Å². The van der Waals surface area contributed by atoms with E-state index in [0.717, 1.165) is 5.56 Å². The molecule has 2 aliphatic heterocycles.